The van der Waals surface area contributed by atoms with E-state index in [1.807, 2.05) is 0 Å². The molecule has 0 unspecified atom stereocenters. The second kappa shape index (κ2) is 5.28. The molecular formula is C19H19NO6. The van der Waals surface area contributed by atoms with Gasteiger partial charge in [0.15, 0.2) is 11.5 Å². The van der Waals surface area contributed by atoms with Crippen molar-refractivity contribution in [2.45, 2.75) is 32.2 Å². The zero-order valence-electron chi connectivity index (χ0n) is 14.6. The van der Waals surface area contributed by atoms with Crippen LogP contribution in [0.15, 0.2) is 29.1 Å². The number of rotatable bonds is 0. The van der Waals surface area contributed by atoms with Crippen molar-refractivity contribution in [3.05, 3.63) is 34.5 Å². The van der Waals surface area contributed by atoms with Gasteiger partial charge in [-0.2, -0.15) is 0 Å². The molecule has 0 saturated heterocycles. The highest BCUT2D eigenvalue weighted by molar-refractivity contribution is 6.02. The van der Waals surface area contributed by atoms with E-state index in [2.05, 4.69) is 0 Å². The van der Waals surface area contributed by atoms with Gasteiger partial charge in [0.2, 0.25) is 23.2 Å². The fraction of sp³-hybridized carbons (Fsp3) is 0.316. The van der Waals surface area contributed by atoms with Gasteiger partial charge in [-0.05, 0) is 26.0 Å². The van der Waals surface area contributed by atoms with Crippen molar-refractivity contribution < 1.29 is 24.8 Å². The van der Waals surface area contributed by atoms with E-state index in [1.54, 1.807) is 49.7 Å². The lowest BCUT2D eigenvalue weighted by molar-refractivity contribution is -0.0502. The van der Waals surface area contributed by atoms with Crippen LogP contribution in [-0.4, -0.2) is 31.8 Å². The maximum atomic E-state index is 13.0. The number of aromatic hydroxyl groups is 2. The molecule has 4 rings (SSSR count). The molecule has 2 aromatic carbocycles. The van der Waals surface area contributed by atoms with E-state index in [9.17, 15) is 20.1 Å². The highest BCUT2D eigenvalue weighted by Gasteiger charge is 2.36. The standard InChI is InChI=1S/C19H19NO6/c1-19(2)8-11(21)25-17-15(23)12-13(16(24)18(17)26-19)20(3)10-7-5-4-6-9(10)14(12)22/h4-7,11,21,23-24H,8H2,1-3H3/t11-/m1/s1. The lowest BCUT2D eigenvalue weighted by Gasteiger charge is -2.25. The lowest BCUT2D eigenvalue weighted by Crippen LogP contribution is -2.32. The number of aromatic nitrogens is 1. The maximum Gasteiger partial charge on any atom is 0.211 e. The summed E-state index contributed by atoms with van der Waals surface area (Å²) in [5, 5.41) is 32.0. The molecule has 7 nitrogen and oxygen atoms in total. The molecule has 2 heterocycles. The summed E-state index contributed by atoms with van der Waals surface area (Å²) in [5.41, 5.74) is -0.544. The molecule has 1 atom stereocenters. The van der Waals surface area contributed by atoms with E-state index in [0.717, 1.165) is 0 Å². The second-order valence-electron chi connectivity index (χ2n) is 7.12. The number of nitrogens with zero attached hydrogens (tertiary/aromatic N) is 1. The third kappa shape index (κ3) is 2.20. The normalized spacial score (nSPS) is 18.8. The van der Waals surface area contributed by atoms with Crippen LogP contribution in [0.1, 0.15) is 20.3 Å². The van der Waals surface area contributed by atoms with Crippen LogP contribution in [0.5, 0.6) is 23.0 Å². The number of para-hydroxylation sites is 1. The maximum absolute atomic E-state index is 13.0. The van der Waals surface area contributed by atoms with E-state index >= 15 is 0 Å². The molecule has 7 heteroatoms. The summed E-state index contributed by atoms with van der Waals surface area (Å²) in [4.78, 5) is 13.0. The molecule has 1 aromatic heterocycles. The quantitative estimate of drug-likeness (QED) is 0.422. The van der Waals surface area contributed by atoms with E-state index < -0.39 is 23.1 Å². The number of aliphatic hydroxyl groups is 1. The number of hydrogen-bond donors (Lipinski definition) is 3. The highest BCUT2D eigenvalue weighted by atomic mass is 16.6. The molecule has 3 aromatic rings. The van der Waals surface area contributed by atoms with Gasteiger partial charge in [0, 0.05) is 18.9 Å². The molecule has 0 fully saturated rings. The Morgan fingerprint density at radius 1 is 1.15 bits per heavy atom. The molecule has 0 bridgehead atoms. The van der Waals surface area contributed by atoms with Crippen molar-refractivity contribution in [1.29, 1.82) is 0 Å². The van der Waals surface area contributed by atoms with Gasteiger partial charge in [0.25, 0.3) is 0 Å². The first-order chi connectivity index (χ1) is 12.2. The van der Waals surface area contributed by atoms with Crippen LogP contribution in [0.4, 0.5) is 0 Å². The van der Waals surface area contributed by atoms with Gasteiger partial charge in [-0.3, -0.25) is 4.79 Å². The molecule has 26 heavy (non-hydrogen) atoms. The van der Waals surface area contributed by atoms with E-state index in [-0.39, 0.29) is 34.6 Å². The molecule has 0 spiro atoms. The topological polar surface area (TPSA) is 101 Å². The van der Waals surface area contributed by atoms with Crippen molar-refractivity contribution in [1.82, 2.24) is 4.57 Å². The first-order valence-electron chi connectivity index (χ1n) is 8.24. The average Bonchev–Trinajstić information content (AvgIpc) is 2.70. The van der Waals surface area contributed by atoms with Crippen LogP contribution in [0, 0.1) is 0 Å². The predicted molar refractivity (Wildman–Crippen MR) is 96.0 cm³/mol. The third-order valence-electron chi connectivity index (χ3n) is 4.71. The molecule has 0 aliphatic carbocycles. The van der Waals surface area contributed by atoms with E-state index in [0.29, 0.717) is 10.9 Å². The highest BCUT2D eigenvalue weighted by Crippen LogP contribution is 2.52. The molecule has 0 saturated carbocycles. The molecular weight excluding hydrogens is 338 g/mol. The number of aryl methyl sites for hydroxylation is 1. The third-order valence-corrected chi connectivity index (χ3v) is 4.71. The number of hydrogen-bond acceptors (Lipinski definition) is 6. The van der Waals surface area contributed by atoms with E-state index in [1.165, 1.54) is 0 Å². The predicted octanol–water partition coefficient (Wildman–Crippen LogP) is 2.36. The van der Waals surface area contributed by atoms with Crippen molar-refractivity contribution in [2.75, 3.05) is 0 Å². The van der Waals surface area contributed by atoms with Crippen LogP contribution < -0.4 is 14.9 Å². The summed E-state index contributed by atoms with van der Waals surface area (Å²) in [5.74, 6) is -1.11. The largest absolute Gasteiger partial charge is 0.504 e. The number of phenolic OH excluding ortho intramolecular Hbond substituents is 2. The van der Waals surface area contributed by atoms with Crippen LogP contribution in [-0.2, 0) is 7.05 Å². The summed E-state index contributed by atoms with van der Waals surface area (Å²) in [7, 11) is 1.69. The Labute approximate surface area is 148 Å². The Bertz CT molecular complexity index is 1110. The molecule has 0 amide bonds. The molecule has 0 radical (unpaired) electrons. The first-order valence-corrected chi connectivity index (χ1v) is 8.24. The summed E-state index contributed by atoms with van der Waals surface area (Å²) >= 11 is 0. The van der Waals surface area contributed by atoms with Gasteiger partial charge >= 0.3 is 0 Å². The van der Waals surface area contributed by atoms with Crippen molar-refractivity contribution in [3.8, 4) is 23.0 Å². The van der Waals surface area contributed by atoms with Crippen LogP contribution >= 0.6 is 0 Å². The van der Waals surface area contributed by atoms with Crippen LogP contribution in [0.3, 0.4) is 0 Å². The van der Waals surface area contributed by atoms with Gasteiger partial charge < -0.3 is 29.4 Å². The molecule has 1 aliphatic heterocycles. The van der Waals surface area contributed by atoms with Crippen molar-refractivity contribution >= 4 is 21.8 Å². The minimum atomic E-state index is -1.25. The Morgan fingerprint density at radius 2 is 1.85 bits per heavy atom. The summed E-state index contributed by atoms with van der Waals surface area (Å²) < 4.78 is 12.8. The van der Waals surface area contributed by atoms with Gasteiger partial charge in [0.1, 0.15) is 11.1 Å². The smallest absolute Gasteiger partial charge is 0.211 e. The zero-order valence-corrected chi connectivity index (χ0v) is 14.6. The van der Waals surface area contributed by atoms with Crippen LogP contribution in [0.25, 0.3) is 21.8 Å². The number of pyridine rings is 1. The second-order valence-corrected chi connectivity index (χ2v) is 7.12. The fourth-order valence-corrected chi connectivity index (χ4v) is 3.54. The monoisotopic (exact) mass is 357 g/mol. The molecule has 136 valence electrons. The molecule has 3 N–H and O–H groups in total. The number of aliphatic hydroxyl groups excluding tert-OH is 1. The van der Waals surface area contributed by atoms with Gasteiger partial charge in [-0.25, -0.2) is 0 Å². The van der Waals surface area contributed by atoms with E-state index in [4.69, 9.17) is 9.47 Å². The Hall–Kier alpha value is -2.93. The zero-order chi connectivity index (χ0) is 18.8. The van der Waals surface area contributed by atoms with Crippen molar-refractivity contribution in [3.63, 3.8) is 0 Å². The van der Waals surface area contributed by atoms with Gasteiger partial charge in [0.05, 0.1) is 10.9 Å². The average molecular weight is 357 g/mol. The van der Waals surface area contributed by atoms with Crippen LogP contribution in [0.2, 0.25) is 0 Å². The number of fused-ring (bicyclic) bond motifs is 3. The lowest BCUT2D eigenvalue weighted by atomic mass is 10.0. The van der Waals surface area contributed by atoms with Gasteiger partial charge in [-0.1, -0.05) is 12.1 Å². The summed E-state index contributed by atoms with van der Waals surface area (Å²) in [6.45, 7) is 3.46. The fourth-order valence-electron chi connectivity index (χ4n) is 3.54. The number of ether oxygens (including phenoxy) is 2. The summed E-state index contributed by atoms with van der Waals surface area (Å²) in [6.07, 6.45) is -1.13. The SMILES string of the molecule is Cn1c2ccccc2c(=O)c2c(O)c3c(c(O)c21)OC(C)(C)C[C@H](O)O3. The Balaban J connectivity index is 2.22. The minimum absolute atomic E-state index is 0.0852. The number of phenols is 2. The summed E-state index contributed by atoms with van der Waals surface area (Å²) in [6, 6.07) is 6.91. The molecule has 1 aliphatic rings. The van der Waals surface area contributed by atoms with Gasteiger partial charge in [-0.15, -0.1) is 0 Å². The number of benzene rings is 2. The first kappa shape index (κ1) is 16.5. The minimum Gasteiger partial charge on any atom is -0.504 e. The van der Waals surface area contributed by atoms with Crippen molar-refractivity contribution in [2.24, 2.45) is 7.05 Å². The Kier molecular flexibility index (Phi) is 3.36. The Morgan fingerprint density at radius 3 is 2.58 bits per heavy atom.